The Bertz CT molecular complexity index is 262. The Morgan fingerprint density at radius 1 is 1.82 bits per heavy atom. The van der Waals surface area contributed by atoms with Crippen LogP contribution in [0, 0.1) is 6.92 Å². The van der Waals surface area contributed by atoms with Gasteiger partial charge in [-0.2, -0.15) is 0 Å². The van der Waals surface area contributed by atoms with Gasteiger partial charge in [0.1, 0.15) is 0 Å². The SMILES string of the molecule is Cc1cc(C(=O)CCl)sc1Br. The highest BCUT2D eigenvalue weighted by molar-refractivity contribution is 9.11. The molecule has 1 aromatic rings. The van der Waals surface area contributed by atoms with E-state index in [-0.39, 0.29) is 11.7 Å². The molecule has 0 aromatic carbocycles. The van der Waals surface area contributed by atoms with E-state index in [9.17, 15) is 4.79 Å². The highest BCUT2D eigenvalue weighted by atomic mass is 79.9. The molecule has 0 spiro atoms. The summed E-state index contributed by atoms with van der Waals surface area (Å²) in [7, 11) is 0. The van der Waals surface area contributed by atoms with Gasteiger partial charge in [0.2, 0.25) is 0 Å². The molecule has 0 bridgehead atoms. The molecular formula is C7H6BrClOS. The highest BCUT2D eigenvalue weighted by Gasteiger charge is 2.08. The Labute approximate surface area is 82.5 Å². The van der Waals surface area contributed by atoms with Crippen LogP contribution >= 0.6 is 38.9 Å². The second-order valence-electron chi connectivity index (χ2n) is 2.12. The number of carbonyl (C=O) groups is 1. The van der Waals surface area contributed by atoms with E-state index in [1.807, 2.05) is 13.0 Å². The standard InChI is InChI=1S/C7H6BrClOS/c1-4-2-6(5(10)3-9)11-7(4)8/h2H,3H2,1H3. The largest absolute Gasteiger partial charge is 0.292 e. The molecule has 0 saturated carbocycles. The summed E-state index contributed by atoms with van der Waals surface area (Å²) in [6, 6.07) is 1.85. The number of thiophene rings is 1. The topological polar surface area (TPSA) is 17.1 Å². The molecule has 60 valence electrons. The van der Waals surface area contributed by atoms with Crippen molar-refractivity contribution in [2.24, 2.45) is 0 Å². The van der Waals surface area contributed by atoms with Gasteiger partial charge in [0.15, 0.2) is 5.78 Å². The van der Waals surface area contributed by atoms with Crippen LogP contribution in [0.3, 0.4) is 0 Å². The number of ketones is 1. The van der Waals surface area contributed by atoms with Gasteiger partial charge in [-0.25, -0.2) is 0 Å². The smallest absolute Gasteiger partial charge is 0.187 e. The molecule has 1 heterocycles. The zero-order valence-electron chi connectivity index (χ0n) is 5.86. The minimum Gasteiger partial charge on any atom is -0.292 e. The van der Waals surface area contributed by atoms with Crippen LogP contribution in [0.2, 0.25) is 0 Å². The molecule has 1 aromatic heterocycles. The fourth-order valence-corrected chi connectivity index (χ4v) is 2.36. The van der Waals surface area contributed by atoms with E-state index in [0.29, 0.717) is 0 Å². The molecule has 1 rings (SSSR count). The maximum atomic E-state index is 11.0. The summed E-state index contributed by atoms with van der Waals surface area (Å²) in [4.78, 5) is 11.8. The zero-order valence-corrected chi connectivity index (χ0v) is 9.02. The first-order valence-electron chi connectivity index (χ1n) is 3.00. The van der Waals surface area contributed by atoms with Crippen molar-refractivity contribution in [3.63, 3.8) is 0 Å². The summed E-state index contributed by atoms with van der Waals surface area (Å²) in [6.07, 6.45) is 0. The zero-order chi connectivity index (χ0) is 8.43. The number of rotatable bonds is 2. The number of Topliss-reactive ketones (excluding diaryl/α,β-unsaturated/α-hetero) is 1. The molecule has 0 radical (unpaired) electrons. The van der Waals surface area contributed by atoms with E-state index in [0.717, 1.165) is 14.2 Å². The molecule has 0 unspecified atom stereocenters. The molecule has 0 N–H and O–H groups in total. The number of aryl methyl sites for hydroxylation is 1. The fraction of sp³-hybridized carbons (Fsp3) is 0.286. The Kier molecular flexibility index (Phi) is 3.10. The summed E-state index contributed by atoms with van der Waals surface area (Å²) < 4.78 is 1.01. The second kappa shape index (κ2) is 3.70. The van der Waals surface area contributed by atoms with Gasteiger partial charge in [0.05, 0.1) is 14.5 Å². The van der Waals surface area contributed by atoms with E-state index in [1.165, 1.54) is 11.3 Å². The van der Waals surface area contributed by atoms with E-state index < -0.39 is 0 Å². The average molecular weight is 254 g/mol. The van der Waals surface area contributed by atoms with Gasteiger partial charge in [-0.1, -0.05) is 0 Å². The maximum Gasteiger partial charge on any atom is 0.187 e. The first-order valence-corrected chi connectivity index (χ1v) is 5.14. The van der Waals surface area contributed by atoms with Crippen LogP contribution < -0.4 is 0 Å². The van der Waals surface area contributed by atoms with Crippen LogP contribution in [0.1, 0.15) is 15.2 Å². The van der Waals surface area contributed by atoms with Gasteiger partial charge in [0, 0.05) is 0 Å². The monoisotopic (exact) mass is 252 g/mol. The van der Waals surface area contributed by atoms with Gasteiger partial charge < -0.3 is 0 Å². The predicted octanol–water partition coefficient (Wildman–Crippen LogP) is 3.24. The number of hydrogen-bond acceptors (Lipinski definition) is 2. The third kappa shape index (κ3) is 2.04. The second-order valence-corrected chi connectivity index (χ2v) is 4.76. The van der Waals surface area contributed by atoms with Crippen LogP contribution in [0.15, 0.2) is 9.85 Å². The summed E-state index contributed by atoms with van der Waals surface area (Å²) in [5.74, 6) is 0.0531. The lowest BCUT2D eigenvalue weighted by Crippen LogP contribution is -1.95. The molecule has 0 atom stereocenters. The van der Waals surface area contributed by atoms with Crippen molar-refractivity contribution < 1.29 is 4.79 Å². The van der Waals surface area contributed by atoms with Crippen molar-refractivity contribution in [3.8, 4) is 0 Å². The first-order chi connectivity index (χ1) is 5.15. The number of hydrogen-bond donors (Lipinski definition) is 0. The average Bonchev–Trinajstić information content (AvgIpc) is 2.31. The summed E-state index contributed by atoms with van der Waals surface area (Å²) in [5.41, 5.74) is 1.09. The Hall–Kier alpha value is 0.140. The summed E-state index contributed by atoms with van der Waals surface area (Å²) >= 11 is 10.2. The Morgan fingerprint density at radius 2 is 2.45 bits per heavy atom. The molecule has 1 nitrogen and oxygen atoms in total. The quantitative estimate of drug-likeness (QED) is 0.584. The molecule has 0 amide bonds. The molecular weight excluding hydrogens is 247 g/mol. The molecule has 0 aliphatic rings. The molecule has 0 saturated heterocycles. The van der Waals surface area contributed by atoms with E-state index in [2.05, 4.69) is 15.9 Å². The Balaban J connectivity index is 2.97. The third-order valence-electron chi connectivity index (χ3n) is 1.25. The van der Waals surface area contributed by atoms with E-state index >= 15 is 0 Å². The van der Waals surface area contributed by atoms with Crippen LogP contribution in [0.5, 0.6) is 0 Å². The number of alkyl halides is 1. The molecule has 0 fully saturated rings. The minimum absolute atomic E-state index is 0.00883. The summed E-state index contributed by atoms with van der Waals surface area (Å²) in [6.45, 7) is 1.95. The molecule has 4 heteroatoms. The van der Waals surface area contributed by atoms with Crippen molar-refractivity contribution >= 4 is 44.7 Å². The summed E-state index contributed by atoms with van der Waals surface area (Å²) in [5, 5.41) is 0. The van der Waals surface area contributed by atoms with Gasteiger partial charge in [-0.05, 0) is 34.5 Å². The van der Waals surface area contributed by atoms with Crippen LogP contribution in [0.25, 0.3) is 0 Å². The van der Waals surface area contributed by atoms with Gasteiger partial charge in [-0.3, -0.25) is 4.79 Å². The lowest BCUT2D eigenvalue weighted by Gasteiger charge is -1.85. The van der Waals surface area contributed by atoms with Gasteiger partial charge in [-0.15, -0.1) is 22.9 Å². The minimum atomic E-state index is -0.00883. The number of carbonyl (C=O) groups excluding carboxylic acids is 1. The van der Waals surface area contributed by atoms with Crippen molar-refractivity contribution in [3.05, 3.63) is 20.3 Å². The van der Waals surface area contributed by atoms with E-state index in [1.54, 1.807) is 0 Å². The Morgan fingerprint density at radius 3 is 2.82 bits per heavy atom. The third-order valence-corrected chi connectivity index (χ3v) is 3.67. The van der Waals surface area contributed by atoms with Crippen LogP contribution in [0.4, 0.5) is 0 Å². The fourth-order valence-electron chi connectivity index (χ4n) is 0.663. The van der Waals surface area contributed by atoms with Crippen molar-refractivity contribution in [1.82, 2.24) is 0 Å². The van der Waals surface area contributed by atoms with Crippen molar-refractivity contribution in [2.75, 3.05) is 5.88 Å². The predicted molar refractivity (Wildman–Crippen MR) is 51.8 cm³/mol. The lowest BCUT2D eigenvalue weighted by molar-refractivity contribution is 0.102. The molecule has 0 aliphatic carbocycles. The van der Waals surface area contributed by atoms with Gasteiger partial charge >= 0.3 is 0 Å². The van der Waals surface area contributed by atoms with Crippen LogP contribution in [-0.2, 0) is 0 Å². The maximum absolute atomic E-state index is 11.0. The number of halogens is 2. The molecule has 0 aliphatic heterocycles. The first kappa shape index (κ1) is 9.23. The normalized spacial score (nSPS) is 10.1. The van der Waals surface area contributed by atoms with Crippen molar-refractivity contribution in [1.29, 1.82) is 0 Å². The van der Waals surface area contributed by atoms with E-state index in [4.69, 9.17) is 11.6 Å². The molecule has 11 heavy (non-hydrogen) atoms. The van der Waals surface area contributed by atoms with Gasteiger partial charge in [0.25, 0.3) is 0 Å². The lowest BCUT2D eigenvalue weighted by atomic mass is 10.3. The van der Waals surface area contributed by atoms with Crippen LogP contribution in [-0.4, -0.2) is 11.7 Å². The highest BCUT2D eigenvalue weighted by Crippen LogP contribution is 2.27. The van der Waals surface area contributed by atoms with Crippen molar-refractivity contribution in [2.45, 2.75) is 6.92 Å².